The zero-order valence-corrected chi connectivity index (χ0v) is 21.0. The summed E-state index contributed by atoms with van der Waals surface area (Å²) >= 11 is 0. The van der Waals surface area contributed by atoms with Crippen molar-refractivity contribution in [2.75, 3.05) is 0 Å². The van der Waals surface area contributed by atoms with E-state index >= 15 is 0 Å². The largest absolute Gasteiger partial charge is 0.456 e. The third-order valence-electron chi connectivity index (χ3n) is 8.11. The lowest BCUT2D eigenvalue weighted by atomic mass is 10.1. The predicted octanol–water partition coefficient (Wildman–Crippen LogP) is 9.78. The van der Waals surface area contributed by atoms with Crippen LogP contribution in [0.1, 0.15) is 0 Å². The maximum Gasteiger partial charge on any atom is 0.137 e. The summed E-state index contributed by atoms with van der Waals surface area (Å²) in [5.41, 5.74) is 8.81. The quantitative estimate of drug-likeness (QED) is 0.233. The normalized spacial score (nSPS) is 12.1. The number of nitrogens with zero attached hydrogens (tertiary/aromatic N) is 2. The van der Waals surface area contributed by atoms with Gasteiger partial charge in [-0.25, -0.2) is 0 Å². The van der Waals surface area contributed by atoms with Gasteiger partial charge in [0.2, 0.25) is 0 Å². The molecule has 0 saturated heterocycles. The molecule has 0 aliphatic rings. The van der Waals surface area contributed by atoms with Gasteiger partial charge < -0.3 is 13.6 Å². The smallest absolute Gasteiger partial charge is 0.137 e. The van der Waals surface area contributed by atoms with Crippen LogP contribution in [0, 0.1) is 0 Å². The van der Waals surface area contributed by atoms with Crippen LogP contribution in [-0.2, 0) is 0 Å². The van der Waals surface area contributed by atoms with E-state index in [9.17, 15) is 0 Å². The second-order valence-corrected chi connectivity index (χ2v) is 10.2. The van der Waals surface area contributed by atoms with Crippen molar-refractivity contribution >= 4 is 65.6 Å². The van der Waals surface area contributed by atoms with Gasteiger partial charge in [0, 0.05) is 38.4 Å². The highest BCUT2D eigenvalue weighted by molar-refractivity contribution is 6.17. The number of fused-ring (bicyclic) bond motifs is 9. The molecule has 0 amide bonds. The molecule has 0 saturated carbocycles. The van der Waals surface area contributed by atoms with Gasteiger partial charge in [0.15, 0.2) is 0 Å². The standard InChI is InChI=1S/C36H22N2O/c1-5-15-29-23(11-1)24-12-2-6-16-30(24)37(29)32-18-8-9-19-33(32)38-31-17-7-3-13-25(31)27-21-28-26-14-4-10-20-35(26)39-36(28)22-34(27)38/h1-22H. The van der Waals surface area contributed by atoms with Crippen molar-refractivity contribution < 1.29 is 4.42 Å². The molecule has 3 aromatic heterocycles. The number of furan rings is 1. The Labute approximate surface area is 223 Å². The Morgan fingerprint density at radius 3 is 1.41 bits per heavy atom. The summed E-state index contributed by atoms with van der Waals surface area (Å²) in [6, 6.07) is 47.6. The van der Waals surface area contributed by atoms with E-state index in [2.05, 4.69) is 130 Å². The molecule has 3 heteroatoms. The second kappa shape index (κ2) is 7.62. The highest BCUT2D eigenvalue weighted by Crippen LogP contribution is 2.40. The molecule has 0 atom stereocenters. The molecular weight excluding hydrogens is 476 g/mol. The number of hydrogen-bond donors (Lipinski definition) is 0. The molecule has 3 nitrogen and oxygen atoms in total. The fraction of sp³-hybridized carbons (Fsp3) is 0. The van der Waals surface area contributed by atoms with E-state index in [1.165, 1.54) is 38.1 Å². The summed E-state index contributed by atoms with van der Waals surface area (Å²) in [5, 5.41) is 7.27. The average Bonchev–Trinajstić information content (AvgIpc) is 3.63. The van der Waals surface area contributed by atoms with Crippen molar-refractivity contribution in [3.8, 4) is 11.4 Å². The fourth-order valence-electron chi connectivity index (χ4n) is 6.47. The first-order valence-electron chi connectivity index (χ1n) is 13.3. The van der Waals surface area contributed by atoms with E-state index in [0.717, 1.165) is 38.8 Å². The molecule has 9 aromatic rings. The monoisotopic (exact) mass is 498 g/mol. The number of benzene rings is 6. The van der Waals surface area contributed by atoms with Crippen molar-refractivity contribution in [1.82, 2.24) is 9.13 Å². The second-order valence-electron chi connectivity index (χ2n) is 10.2. The summed E-state index contributed by atoms with van der Waals surface area (Å²) in [6.07, 6.45) is 0. The predicted molar refractivity (Wildman–Crippen MR) is 162 cm³/mol. The lowest BCUT2D eigenvalue weighted by molar-refractivity contribution is 0.669. The van der Waals surface area contributed by atoms with E-state index in [4.69, 9.17) is 4.42 Å². The van der Waals surface area contributed by atoms with Gasteiger partial charge in [-0.3, -0.25) is 0 Å². The van der Waals surface area contributed by atoms with E-state index in [0.29, 0.717) is 0 Å². The van der Waals surface area contributed by atoms with Gasteiger partial charge in [-0.2, -0.15) is 0 Å². The highest BCUT2D eigenvalue weighted by Gasteiger charge is 2.20. The minimum absolute atomic E-state index is 0.905. The van der Waals surface area contributed by atoms with E-state index in [1.807, 2.05) is 12.1 Å². The number of para-hydroxylation sites is 6. The first-order valence-corrected chi connectivity index (χ1v) is 13.3. The van der Waals surface area contributed by atoms with Crippen LogP contribution in [0.4, 0.5) is 0 Å². The maximum absolute atomic E-state index is 6.35. The fourth-order valence-corrected chi connectivity index (χ4v) is 6.47. The first-order chi connectivity index (χ1) is 19.4. The van der Waals surface area contributed by atoms with Crippen LogP contribution >= 0.6 is 0 Å². The summed E-state index contributed by atoms with van der Waals surface area (Å²) < 4.78 is 11.1. The molecule has 6 aromatic carbocycles. The molecule has 0 spiro atoms. The van der Waals surface area contributed by atoms with Crippen molar-refractivity contribution in [3.63, 3.8) is 0 Å². The third-order valence-corrected chi connectivity index (χ3v) is 8.11. The van der Waals surface area contributed by atoms with Gasteiger partial charge in [-0.15, -0.1) is 0 Å². The van der Waals surface area contributed by atoms with Crippen LogP contribution in [0.2, 0.25) is 0 Å². The van der Waals surface area contributed by atoms with Crippen molar-refractivity contribution in [2.24, 2.45) is 0 Å². The van der Waals surface area contributed by atoms with Crippen LogP contribution in [0.15, 0.2) is 138 Å². The maximum atomic E-state index is 6.35. The highest BCUT2D eigenvalue weighted by atomic mass is 16.3. The molecule has 9 rings (SSSR count). The number of rotatable bonds is 2. The van der Waals surface area contributed by atoms with Gasteiger partial charge in [0.1, 0.15) is 11.2 Å². The van der Waals surface area contributed by atoms with E-state index in [-0.39, 0.29) is 0 Å². The lowest BCUT2D eigenvalue weighted by Crippen LogP contribution is -2.03. The molecule has 0 radical (unpaired) electrons. The van der Waals surface area contributed by atoms with Crippen molar-refractivity contribution in [1.29, 1.82) is 0 Å². The van der Waals surface area contributed by atoms with Crippen LogP contribution < -0.4 is 0 Å². The summed E-state index contributed by atoms with van der Waals surface area (Å²) in [4.78, 5) is 0. The molecule has 0 aliphatic carbocycles. The minimum Gasteiger partial charge on any atom is -0.456 e. The molecule has 3 heterocycles. The summed E-state index contributed by atoms with van der Waals surface area (Å²) in [6.45, 7) is 0. The van der Waals surface area contributed by atoms with Crippen LogP contribution in [-0.4, -0.2) is 9.13 Å². The molecular formula is C36H22N2O. The van der Waals surface area contributed by atoms with Gasteiger partial charge in [0.05, 0.1) is 33.4 Å². The van der Waals surface area contributed by atoms with Crippen LogP contribution in [0.5, 0.6) is 0 Å². The Morgan fingerprint density at radius 1 is 0.333 bits per heavy atom. The lowest BCUT2D eigenvalue weighted by Gasteiger charge is -2.16. The van der Waals surface area contributed by atoms with Crippen molar-refractivity contribution in [3.05, 3.63) is 133 Å². The molecule has 0 aliphatic heterocycles. The topological polar surface area (TPSA) is 23.0 Å². The van der Waals surface area contributed by atoms with Crippen LogP contribution in [0.25, 0.3) is 76.9 Å². The summed E-state index contributed by atoms with van der Waals surface area (Å²) in [5.74, 6) is 0. The van der Waals surface area contributed by atoms with E-state index < -0.39 is 0 Å². The minimum atomic E-state index is 0.905. The zero-order chi connectivity index (χ0) is 25.5. The molecule has 182 valence electrons. The Hall–Kier alpha value is -5.28. The number of aromatic nitrogens is 2. The molecule has 39 heavy (non-hydrogen) atoms. The van der Waals surface area contributed by atoms with E-state index in [1.54, 1.807) is 0 Å². The van der Waals surface area contributed by atoms with Gasteiger partial charge in [-0.1, -0.05) is 84.9 Å². The van der Waals surface area contributed by atoms with Gasteiger partial charge >= 0.3 is 0 Å². The Morgan fingerprint density at radius 2 is 0.795 bits per heavy atom. The molecule has 0 N–H and O–H groups in total. The molecule has 0 unspecified atom stereocenters. The van der Waals surface area contributed by atoms with Crippen LogP contribution in [0.3, 0.4) is 0 Å². The molecule has 0 bridgehead atoms. The Bertz CT molecular complexity index is 2350. The number of hydrogen-bond acceptors (Lipinski definition) is 1. The SMILES string of the molecule is c1ccc(-n2c3ccccc3c3cc4c(cc32)oc2ccccc24)c(-n2c3ccccc3c3ccccc32)c1. The zero-order valence-electron chi connectivity index (χ0n) is 21.0. The third kappa shape index (κ3) is 2.76. The average molecular weight is 499 g/mol. The Kier molecular flexibility index (Phi) is 4.05. The Balaban J connectivity index is 1.44. The van der Waals surface area contributed by atoms with Gasteiger partial charge in [-0.05, 0) is 42.5 Å². The molecule has 0 fully saturated rings. The van der Waals surface area contributed by atoms with Gasteiger partial charge in [0.25, 0.3) is 0 Å². The first kappa shape index (κ1) is 20.7. The van der Waals surface area contributed by atoms with Crippen molar-refractivity contribution in [2.45, 2.75) is 0 Å². The summed E-state index contributed by atoms with van der Waals surface area (Å²) in [7, 11) is 0.